The van der Waals surface area contributed by atoms with E-state index in [-0.39, 0.29) is 24.9 Å². The van der Waals surface area contributed by atoms with Gasteiger partial charge in [-0.05, 0) is 0 Å². The molecule has 1 rings (SSSR count). The molecule has 0 saturated carbocycles. The van der Waals surface area contributed by atoms with Crippen molar-refractivity contribution in [2.75, 3.05) is 44.0 Å². The van der Waals surface area contributed by atoms with Gasteiger partial charge in [-0.1, -0.05) is 0 Å². The van der Waals surface area contributed by atoms with Crippen LogP contribution >= 0.6 is 0 Å². The van der Waals surface area contributed by atoms with E-state index in [1.54, 1.807) is 12.0 Å². The molecule has 0 spiro atoms. The zero-order valence-corrected chi connectivity index (χ0v) is 9.06. The number of methoxy groups -OCH3 is 1. The number of nitrogens with zero attached hydrogens (tertiary/aromatic N) is 3. The molecule has 0 saturated heterocycles. The minimum Gasteiger partial charge on any atom is -0.395 e. The molecular formula is C9H15FN4O2. The Morgan fingerprint density at radius 3 is 2.94 bits per heavy atom. The third kappa shape index (κ3) is 3.28. The molecule has 1 aromatic heterocycles. The molecule has 1 heterocycles. The van der Waals surface area contributed by atoms with E-state index in [1.807, 2.05) is 0 Å². The van der Waals surface area contributed by atoms with Crippen molar-refractivity contribution < 1.29 is 14.2 Å². The number of hydrogen-bond donors (Lipinski definition) is 2. The molecule has 0 unspecified atom stereocenters. The second kappa shape index (κ2) is 6.19. The van der Waals surface area contributed by atoms with Gasteiger partial charge in [-0.25, -0.2) is 9.37 Å². The van der Waals surface area contributed by atoms with Crippen molar-refractivity contribution >= 4 is 11.8 Å². The van der Waals surface area contributed by atoms with Crippen molar-refractivity contribution in [1.82, 2.24) is 9.97 Å². The van der Waals surface area contributed by atoms with Crippen LogP contribution in [-0.4, -0.2) is 48.5 Å². The van der Waals surface area contributed by atoms with Crippen LogP contribution in [0.4, 0.5) is 16.2 Å². The lowest BCUT2D eigenvalue weighted by molar-refractivity contribution is 0.202. The summed E-state index contributed by atoms with van der Waals surface area (Å²) in [4.78, 5) is 8.88. The summed E-state index contributed by atoms with van der Waals surface area (Å²) in [6.45, 7) is 0.984. The fourth-order valence-electron chi connectivity index (χ4n) is 1.24. The number of anilines is 2. The lowest BCUT2D eigenvalue weighted by atomic mass is 10.4. The Morgan fingerprint density at radius 1 is 1.56 bits per heavy atom. The van der Waals surface area contributed by atoms with E-state index in [0.717, 1.165) is 6.20 Å². The fourth-order valence-corrected chi connectivity index (χ4v) is 1.24. The summed E-state index contributed by atoms with van der Waals surface area (Å²) < 4.78 is 18.3. The second-order valence-corrected chi connectivity index (χ2v) is 3.10. The predicted octanol–water partition coefficient (Wildman–Crippen LogP) is -0.357. The first-order valence-corrected chi connectivity index (χ1v) is 4.81. The highest BCUT2D eigenvalue weighted by atomic mass is 19.1. The van der Waals surface area contributed by atoms with Crippen molar-refractivity contribution in [1.29, 1.82) is 0 Å². The van der Waals surface area contributed by atoms with E-state index in [1.165, 1.54) is 0 Å². The SMILES string of the molecule is COCCN(CCO)c1nc(N)ncc1F. The van der Waals surface area contributed by atoms with Gasteiger partial charge in [0.15, 0.2) is 11.6 Å². The Hall–Kier alpha value is -1.47. The summed E-state index contributed by atoms with van der Waals surface area (Å²) in [5.74, 6) is -0.492. The molecule has 0 aliphatic carbocycles. The molecule has 6 nitrogen and oxygen atoms in total. The van der Waals surface area contributed by atoms with Crippen LogP contribution in [0.3, 0.4) is 0 Å². The molecule has 0 aliphatic rings. The minimum atomic E-state index is -0.571. The summed E-state index contributed by atoms with van der Waals surface area (Å²) >= 11 is 0. The first-order valence-electron chi connectivity index (χ1n) is 4.81. The van der Waals surface area contributed by atoms with Gasteiger partial charge < -0.3 is 20.5 Å². The Kier molecular flexibility index (Phi) is 4.87. The zero-order valence-electron chi connectivity index (χ0n) is 9.06. The average Bonchev–Trinajstić information content (AvgIpc) is 2.28. The van der Waals surface area contributed by atoms with Crippen molar-refractivity contribution in [2.45, 2.75) is 0 Å². The molecule has 0 amide bonds. The number of nitrogens with two attached hydrogens (primary N) is 1. The summed E-state index contributed by atoms with van der Waals surface area (Å²) in [7, 11) is 1.54. The van der Waals surface area contributed by atoms with Crippen LogP contribution in [-0.2, 0) is 4.74 Å². The van der Waals surface area contributed by atoms with Crippen LogP contribution in [0.15, 0.2) is 6.20 Å². The Labute approximate surface area is 92.9 Å². The van der Waals surface area contributed by atoms with Crippen LogP contribution in [0, 0.1) is 5.82 Å². The van der Waals surface area contributed by atoms with Crippen LogP contribution in [0.2, 0.25) is 0 Å². The molecule has 1 aromatic rings. The summed E-state index contributed by atoms with van der Waals surface area (Å²) in [5.41, 5.74) is 5.38. The van der Waals surface area contributed by atoms with Crippen LogP contribution in [0.25, 0.3) is 0 Å². The lowest BCUT2D eigenvalue weighted by Gasteiger charge is -2.22. The van der Waals surface area contributed by atoms with Gasteiger partial charge in [-0.15, -0.1) is 0 Å². The average molecular weight is 230 g/mol. The van der Waals surface area contributed by atoms with Gasteiger partial charge in [0.05, 0.1) is 19.4 Å². The number of nitrogen functional groups attached to an aromatic ring is 1. The van der Waals surface area contributed by atoms with Crippen molar-refractivity contribution in [3.63, 3.8) is 0 Å². The number of hydrogen-bond acceptors (Lipinski definition) is 6. The third-order valence-electron chi connectivity index (χ3n) is 1.98. The predicted molar refractivity (Wildman–Crippen MR) is 57.6 cm³/mol. The minimum absolute atomic E-state index is 0.00300. The van der Waals surface area contributed by atoms with E-state index < -0.39 is 5.82 Å². The standard InChI is InChI=1S/C9H15FN4O2/c1-16-5-3-14(2-4-15)8-7(10)6-12-9(11)13-8/h6,15H,2-5H2,1H3,(H2,11,12,13). The maximum absolute atomic E-state index is 13.4. The normalized spacial score (nSPS) is 10.4. The van der Waals surface area contributed by atoms with Crippen molar-refractivity contribution in [2.24, 2.45) is 0 Å². The molecule has 0 atom stereocenters. The zero-order chi connectivity index (χ0) is 12.0. The molecule has 0 fully saturated rings. The molecule has 16 heavy (non-hydrogen) atoms. The fraction of sp³-hybridized carbons (Fsp3) is 0.556. The number of aliphatic hydroxyl groups is 1. The molecule has 0 bridgehead atoms. The van der Waals surface area contributed by atoms with Gasteiger partial charge in [0.2, 0.25) is 5.95 Å². The molecule has 3 N–H and O–H groups in total. The summed E-state index contributed by atoms with van der Waals surface area (Å²) in [6, 6.07) is 0. The van der Waals surface area contributed by atoms with Gasteiger partial charge in [0.25, 0.3) is 0 Å². The van der Waals surface area contributed by atoms with Crippen LogP contribution in [0.5, 0.6) is 0 Å². The van der Waals surface area contributed by atoms with E-state index in [0.29, 0.717) is 13.2 Å². The van der Waals surface area contributed by atoms with E-state index in [2.05, 4.69) is 9.97 Å². The first kappa shape index (κ1) is 12.6. The number of aliphatic hydroxyl groups excluding tert-OH is 1. The molecule has 0 aromatic carbocycles. The molecule has 0 aliphatic heterocycles. The highest BCUT2D eigenvalue weighted by Crippen LogP contribution is 2.15. The van der Waals surface area contributed by atoms with E-state index >= 15 is 0 Å². The Morgan fingerprint density at radius 2 is 2.31 bits per heavy atom. The maximum atomic E-state index is 13.4. The summed E-state index contributed by atoms with van der Waals surface area (Å²) in [5, 5.41) is 8.88. The van der Waals surface area contributed by atoms with Gasteiger partial charge >= 0.3 is 0 Å². The first-order chi connectivity index (χ1) is 7.69. The van der Waals surface area contributed by atoms with Gasteiger partial charge in [-0.3, -0.25) is 0 Å². The summed E-state index contributed by atoms with van der Waals surface area (Å²) in [6.07, 6.45) is 1.01. The molecule has 7 heteroatoms. The van der Waals surface area contributed by atoms with Crippen LogP contribution in [0.1, 0.15) is 0 Å². The topological polar surface area (TPSA) is 84.5 Å². The van der Waals surface area contributed by atoms with Gasteiger partial charge in [-0.2, -0.15) is 4.98 Å². The lowest BCUT2D eigenvalue weighted by Crippen LogP contribution is -2.32. The Bertz CT molecular complexity index is 337. The number of rotatable bonds is 6. The monoisotopic (exact) mass is 230 g/mol. The van der Waals surface area contributed by atoms with E-state index in [9.17, 15) is 4.39 Å². The largest absolute Gasteiger partial charge is 0.395 e. The molecular weight excluding hydrogens is 215 g/mol. The van der Waals surface area contributed by atoms with E-state index in [4.69, 9.17) is 15.6 Å². The molecule has 0 radical (unpaired) electrons. The second-order valence-electron chi connectivity index (χ2n) is 3.10. The van der Waals surface area contributed by atoms with Gasteiger partial charge in [0.1, 0.15) is 0 Å². The molecule has 90 valence electrons. The van der Waals surface area contributed by atoms with Crippen molar-refractivity contribution in [3.05, 3.63) is 12.0 Å². The number of ether oxygens (including phenoxy) is 1. The number of aromatic nitrogens is 2. The quantitative estimate of drug-likeness (QED) is 0.694. The third-order valence-corrected chi connectivity index (χ3v) is 1.98. The highest BCUT2D eigenvalue weighted by Gasteiger charge is 2.13. The Balaban J connectivity index is 2.85. The van der Waals surface area contributed by atoms with Gasteiger partial charge in [0, 0.05) is 20.2 Å². The van der Waals surface area contributed by atoms with Crippen molar-refractivity contribution in [3.8, 4) is 0 Å². The smallest absolute Gasteiger partial charge is 0.222 e. The number of halogens is 1. The maximum Gasteiger partial charge on any atom is 0.222 e. The van der Waals surface area contributed by atoms with Crippen LogP contribution < -0.4 is 10.6 Å². The highest BCUT2D eigenvalue weighted by molar-refractivity contribution is 5.42.